The largest absolute Gasteiger partial charge is 0.497 e. The normalized spacial score (nSPS) is 12.4. The van der Waals surface area contributed by atoms with Crippen molar-refractivity contribution in [2.75, 3.05) is 37.6 Å². The Bertz CT molecular complexity index is 1430. The number of fused-ring (bicyclic) bond motifs is 2. The lowest BCUT2D eigenvalue weighted by Crippen LogP contribution is -2.28. The number of nitrogens with zero attached hydrogens (tertiary/aromatic N) is 3. The highest BCUT2D eigenvalue weighted by Gasteiger charge is 2.24. The number of benzene rings is 3. The number of aromatic nitrogens is 1. The van der Waals surface area contributed by atoms with Crippen molar-refractivity contribution in [2.24, 2.45) is 0 Å². The zero-order valence-electron chi connectivity index (χ0n) is 19.8. The SMILES string of the molecule is COC(=O)c1ccccc1N(C)C(=O)c1ccc(N2CCc3cc4ccc(OC)cc4nc32)cc1. The van der Waals surface area contributed by atoms with Crippen LogP contribution in [0.5, 0.6) is 5.75 Å². The van der Waals surface area contributed by atoms with Gasteiger partial charge in [0.2, 0.25) is 0 Å². The van der Waals surface area contributed by atoms with Crippen molar-refractivity contribution in [1.29, 1.82) is 0 Å². The molecule has 0 saturated heterocycles. The van der Waals surface area contributed by atoms with E-state index in [4.69, 9.17) is 14.5 Å². The van der Waals surface area contributed by atoms with Crippen LogP contribution < -0.4 is 14.5 Å². The van der Waals surface area contributed by atoms with Crippen LogP contribution in [0, 0.1) is 0 Å². The summed E-state index contributed by atoms with van der Waals surface area (Å²) in [7, 11) is 4.62. The first-order valence-electron chi connectivity index (χ1n) is 11.3. The van der Waals surface area contributed by atoms with E-state index in [0.717, 1.165) is 41.1 Å². The number of carbonyl (C=O) groups is 2. The van der Waals surface area contributed by atoms with Crippen LogP contribution in [-0.4, -0.2) is 44.7 Å². The van der Waals surface area contributed by atoms with Crippen molar-refractivity contribution in [3.8, 4) is 5.75 Å². The predicted octanol–water partition coefficient (Wildman–Crippen LogP) is 5.00. The summed E-state index contributed by atoms with van der Waals surface area (Å²) in [5.74, 6) is 0.996. The van der Waals surface area contributed by atoms with E-state index in [-0.39, 0.29) is 5.91 Å². The second-order valence-electron chi connectivity index (χ2n) is 8.35. The molecule has 0 N–H and O–H groups in total. The van der Waals surface area contributed by atoms with Crippen molar-refractivity contribution >= 4 is 40.0 Å². The molecule has 0 unspecified atom stereocenters. The van der Waals surface area contributed by atoms with Gasteiger partial charge in [-0.1, -0.05) is 12.1 Å². The van der Waals surface area contributed by atoms with E-state index in [9.17, 15) is 9.59 Å². The molecule has 0 fully saturated rings. The molecule has 1 amide bonds. The number of methoxy groups -OCH3 is 2. The maximum Gasteiger partial charge on any atom is 0.339 e. The fraction of sp³-hybridized carbons (Fsp3) is 0.179. The van der Waals surface area contributed by atoms with Gasteiger partial charge in [-0.25, -0.2) is 9.78 Å². The highest BCUT2D eigenvalue weighted by atomic mass is 16.5. The molecular weight excluding hydrogens is 442 g/mol. The maximum absolute atomic E-state index is 13.2. The summed E-state index contributed by atoms with van der Waals surface area (Å²) in [6.45, 7) is 0.815. The molecule has 3 aromatic carbocycles. The van der Waals surface area contributed by atoms with Gasteiger partial charge >= 0.3 is 5.97 Å². The second kappa shape index (κ2) is 9.10. The van der Waals surface area contributed by atoms with Gasteiger partial charge in [-0.2, -0.15) is 0 Å². The third-order valence-electron chi connectivity index (χ3n) is 6.34. The molecule has 7 nitrogen and oxygen atoms in total. The molecule has 0 bridgehead atoms. The monoisotopic (exact) mass is 467 g/mol. The first-order valence-corrected chi connectivity index (χ1v) is 11.3. The van der Waals surface area contributed by atoms with E-state index < -0.39 is 5.97 Å². The lowest BCUT2D eigenvalue weighted by atomic mass is 10.1. The number of para-hydroxylation sites is 1. The number of anilines is 3. The fourth-order valence-electron chi connectivity index (χ4n) is 4.45. The molecule has 0 atom stereocenters. The average molecular weight is 468 g/mol. The van der Waals surface area contributed by atoms with Crippen molar-refractivity contribution < 1.29 is 19.1 Å². The summed E-state index contributed by atoms with van der Waals surface area (Å²) < 4.78 is 10.2. The van der Waals surface area contributed by atoms with Gasteiger partial charge in [0.15, 0.2) is 0 Å². The lowest BCUT2D eigenvalue weighted by molar-refractivity contribution is 0.0601. The molecule has 0 radical (unpaired) electrons. The maximum atomic E-state index is 13.2. The smallest absolute Gasteiger partial charge is 0.339 e. The molecule has 1 aliphatic rings. The summed E-state index contributed by atoms with van der Waals surface area (Å²) in [6.07, 6.45) is 0.901. The number of amides is 1. The Morgan fingerprint density at radius 2 is 1.74 bits per heavy atom. The number of hydrogen-bond donors (Lipinski definition) is 0. The first kappa shape index (κ1) is 22.4. The topological polar surface area (TPSA) is 72.0 Å². The van der Waals surface area contributed by atoms with Crippen molar-refractivity contribution in [3.63, 3.8) is 0 Å². The summed E-state index contributed by atoms with van der Waals surface area (Å²) in [4.78, 5) is 33.9. The minimum atomic E-state index is -0.485. The van der Waals surface area contributed by atoms with E-state index in [1.807, 2.05) is 30.3 Å². The molecule has 2 heterocycles. The molecule has 5 rings (SSSR count). The highest BCUT2D eigenvalue weighted by molar-refractivity contribution is 6.09. The molecule has 0 aliphatic carbocycles. The Morgan fingerprint density at radius 3 is 2.49 bits per heavy atom. The van der Waals surface area contributed by atoms with E-state index >= 15 is 0 Å². The van der Waals surface area contributed by atoms with Crippen LogP contribution in [0.25, 0.3) is 10.9 Å². The highest BCUT2D eigenvalue weighted by Crippen LogP contribution is 2.36. The van der Waals surface area contributed by atoms with Crippen molar-refractivity contribution in [2.45, 2.75) is 6.42 Å². The van der Waals surface area contributed by atoms with Gasteiger partial charge < -0.3 is 19.3 Å². The molecule has 7 heteroatoms. The van der Waals surface area contributed by atoms with E-state index in [0.29, 0.717) is 16.8 Å². The number of esters is 1. The molecule has 176 valence electrons. The van der Waals surface area contributed by atoms with E-state index in [1.54, 1.807) is 50.6 Å². The van der Waals surface area contributed by atoms with Gasteiger partial charge in [-0.3, -0.25) is 4.79 Å². The Hall–Kier alpha value is -4.39. The first-order chi connectivity index (χ1) is 17.0. The van der Waals surface area contributed by atoms with Gasteiger partial charge in [0.05, 0.1) is 31.0 Å². The van der Waals surface area contributed by atoms with Gasteiger partial charge in [0, 0.05) is 36.3 Å². The van der Waals surface area contributed by atoms with Crippen LogP contribution in [0.15, 0.2) is 72.8 Å². The Morgan fingerprint density at radius 1 is 0.971 bits per heavy atom. The molecule has 1 aromatic heterocycles. The Balaban J connectivity index is 1.41. The van der Waals surface area contributed by atoms with E-state index in [1.165, 1.54) is 17.6 Å². The minimum Gasteiger partial charge on any atom is -0.497 e. The van der Waals surface area contributed by atoms with E-state index in [2.05, 4.69) is 11.0 Å². The molecule has 4 aromatic rings. The van der Waals surface area contributed by atoms with Gasteiger partial charge in [-0.05, 0) is 66.6 Å². The number of hydrogen-bond acceptors (Lipinski definition) is 6. The summed E-state index contributed by atoms with van der Waals surface area (Å²) >= 11 is 0. The van der Waals surface area contributed by atoms with Crippen LogP contribution >= 0.6 is 0 Å². The summed E-state index contributed by atoms with van der Waals surface area (Å²) in [5, 5.41) is 1.09. The molecule has 35 heavy (non-hydrogen) atoms. The Kier molecular flexibility index (Phi) is 5.82. The average Bonchev–Trinajstić information content (AvgIpc) is 3.32. The third kappa shape index (κ3) is 4.05. The predicted molar refractivity (Wildman–Crippen MR) is 136 cm³/mol. The molecule has 0 spiro atoms. The number of carbonyl (C=O) groups excluding carboxylic acids is 2. The van der Waals surface area contributed by atoms with Gasteiger partial charge in [-0.15, -0.1) is 0 Å². The zero-order chi connectivity index (χ0) is 24.5. The molecular formula is C28H25N3O4. The van der Waals surface area contributed by atoms with Crippen LogP contribution in [0.3, 0.4) is 0 Å². The minimum absolute atomic E-state index is 0.217. The van der Waals surface area contributed by atoms with Crippen molar-refractivity contribution in [3.05, 3.63) is 89.5 Å². The van der Waals surface area contributed by atoms with Crippen LogP contribution in [0.2, 0.25) is 0 Å². The standard InChI is InChI=1S/C28H25N3O4/c1-30(25-7-5-4-6-23(25)28(33)35-3)27(32)18-8-11-21(12-9-18)31-15-14-20-16-19-10-13-22(34-2)17-24(19)29-26(20)31/h4-13,16-17H,14-15H2,1-3H3. The van der Waals surface area contributed by atoms with Gasteiger partial charge in [0.25, 0.3) is 5.91 Å². The Labute approximate surface area is 203 Å². The zero-order valence-corrected chi connectivity index (χ0v) is 19.8. The van der Waals surface area contributed by atoms with Gasteiger partial charge in [0.1, 0.15) is 11.6 Å². The number of pyridine rings is 1. The lowest BCUT2D eigenvalue weighted by Gasteiger charge is -2.21. The third-order valence-corrected chi connectivity index (χ3v) is 6.34. The van der Waals surface area contributed by atoms with Crippen LogP contribution in [-0.2, 0) is 11.2 Å². The number of ether oxygens (including phenoxy) is 2. The summed E-state index contributed by atoms with van der Waals surface area (Å²) in [5.41, 5.74) is 4.40. The quantitative estimate of drug-likeness (QED) is 0.385. The molecule has 0 saturated carbocycles. The second-order valence-corrected chi connectivity index (χ2v) is 8.35. The molecule has 1 aliphatic heterocycles. The fourth-order valence-corrected chi connectivity index (χ4v) is 4.45. The van der Waals surface area contributed by atoms with Crippen LogP contribution in [0.4, 0.5) is 17.2 Å². The van der Waals surface area contributed by atoms with Crippen molar-refractivity contribution in [1.82, 2.24) is 4.98 Å². The van der Waals surface area contributed by atoms with Crippen LogP contribution in [0.1, 0.15) is 26.3 Å². The summed E-state index contributed by atoms with van der Waals surface area (Å²) in [6, 6.07) is 22.5. The number of rotatable bonds is 5.